The van der Waals surface area contributed by atoms with Gasteiger partial charge < -0.3 is 26.6 Å². The first-order valence-corrected chi connectivity index (χ1v) is 16.3. The number of nitrogens with one attached hydrogen (secondary N) is 1. The van der Waals surface area contributed by atoms with E-state index < -0.39 is 0 Å². The van der Waals surface area contributed by atoms with Crippen molar-refractivity contribution in [1.82, 2.24) is 0 Å². The monoisotopic (exact) mass is 656 g/mol. The number of nitrogens with zero attached hydrogens (tertiary/aromatic N) is 1. The van der Waals surface area contributed by atoms with E-state index in [4.69, 9.17) is 4.74 Å². The predicted octanol–water partition coefficient (Wildman–Crippen LogP) is 5.12. The number of amides is 1. The quantitative estimate of drug-likeness (QED) is 0.213. The van der Waals surface area contributed by atoms with Gasteiger partial charge in [-0.15, -0.1) is 0 Å². The van der Waals surface area contributed by atoms with E-state index in [0.29, 0.717) is 13.2 Å². The van der Waals surface area contributed by atoms with Crippen molar-refractivity contribution in [2.75, 3.05) is 18.1 Å². The lowest BCUT2D eigenvalue weighted by Gasteiger charge is -2.26. The number of ether oxygens (including phenoxy) is 1. The number of halogens is 2. The Morgan fingerprint density at radius 2 is 1.58 bits per heavy atom. The van der Waals surface area contributed by atoms with Crippen LogP contribution in [0.25, 0.3) is 0 Å². The van der Waals surface area contributed by atoms with Gasteiger partial charge in [0, 0.05) is 23.6 Å². The van der Waals surface area contributed by atoms with Crippen molar-refractivity contribution in [2.45, 2.75) is 118 Å². The summed E-state index contributed by atoms with van der Waals surface area (Å²) >= 11 is 0. The summed E-state index contributed by atoms with van der Waals surface area (Å²) in [6, 6.07) is 13.2. The van der Waals surface area contributed by atoms with E-state index in [-0.39, 0.29) is 39.9 Å². The van der Waals surface area contributed by atoms with E-state index in [1.165, 1.54) is 81.4 Å². The number of carbonyl (C=O) groups is 1. The number of allylic oxidation sites excluding steroid dienone is 1. The largest absolute Gasteiger partial charge is 1.00 e. The molecule has 0 aromatic heterocycles. The molecule has 4 nitrogen and oxygen atoms in total. The van der Waals surface area contributed by atoms with E-state index in [9.17, 15) is 9.18 Å². The van der Waals surface area contributed by atoms with Crippen molar-refractivity contribution in [3.63, 3.8) is 0 Å². The lowest BCUT2D eigenvalue weighted by Crippen LogP contribution is -3.00. The van der Waals surface area contributed by atoms with Gasteiger partial charge in [0.25, 0.3) is 0 Å². The van der Waals surface area contributed by atoms with E-state index in [2.05, 4.69) is 44.0 Å². The molecule has 238 valence electrons. The zero-order chi connectivity index (χ0) is 30.2. The molecular weight excluding hydrogens is 603 g/mol. The lowest BCUT2D eigenvalue weighted by atomic mass is 9.81. The molecule has 2 aromatic carbocycles. The summed E-state index contributed by atoms with van der Waals surface area (Å²) in [6.45, 7) is 9.88. The summed E-state index contributed by atoms with van der Waals surface area (Å²) in [5.74, 6) is -0.163. The van der Waals surface area contributed by atoms with Crippen LogP contribution in [0.3, 0.4) is 0 Å². The minimum atomic E-state index is -0.375. The molecule has 1 aliphatic rings. The first-order valence-electron chi connectivity index (χ1n) is 16.3. The highest BCUT2D eigenvalue weighted by Gasteiger charge is 2.28. The van der Waals surface area contributed by atoms with Gasteiger partial charge in [0.05, 0.1) is 13.2 Å². The molecule has 43 heavy (non-hydrogen) atoms. The van der Waals surface area contributed by atoms with Crippen LogP contribution >= 0.6 is 0 Å². The van der Waals surface area contributed by atoms with Gasteiger partial charge in [-0.2, -0.15) is 0 Å². The lowest BCUT2D eigenvalue weighted by molar-refractivity contribution is -0.469. The highest BCUT2D eigenvalue weighted by Crippen LogP contribution is 2.28. The second-order valence-electron chi connectivity index (χ2n) is 12.5. The Kier molecular flexibility index (Phi) is 16.9. The summed E-state index contributed by atoms with van der Waals surface area (Å²) < 4.78 is 20.7. The number of hydrogen-bond donors (Lipinski definition) is 1. The fourth-order valence-electron chi connectivity index (χ4n) is 5.95. The minimum absolute atomic E-state index is 0. The van der Waals surface area contributed by atoms with Crippen molar-refractivity contribution >= 4 is 17.8 Å². The molecule has 3 rings (SSSR count). The summed E-state index contributed by atoms with van der Waals surface area (Å²) in [6.07, 6.45) is 20.7. The molecular formula is C37H54BrFN2O2. The average Bonchev–Trinajstić information content (AvgIpc) is 2.94. The number of unbranched alkanes of at least 4 members (excludes halogenated alkanes) is 11. The van der Waals surface area contributed by atoms with Gasteiger partial charge in [0.15, 0.2) is 17.8 Å². The highest BCUT2D eigenvalue weighted by molar-refractivity contribution is 5.91. The summed E-state index contributed by atoms with van der Waals surface area (Å²) in [5.41, 5.74) is 3.97. The summed E-state index contributed by atoms with van der Waals surface area (Å²) in [7, 11) is 0. The Hall–Kier alpha value is -2.47. The SMILES string of the molecule is CCCCCCCCCCCCCCOc1ccc(CN(C(C)=O)c2cccc(CC3(C)C=C(C)C=[NH+]C3)c2)cc1F.[Br-]. The number of carbonyl (C=O) groups excluding carboxylic acids is 1. The van der Waals surface area contributed by atoms with Crippen LogP contribution in [0.1, 0.15) is 116 Å². The Morgan fingerprint density at radius 3 is 2.19 bits per heavy atom. The Labute approximate surface area is 271 Å². The first kappa shape index (κ1) is 36.7. The Bertz CT molecular complexity index is 1180. The van der Waals surface area contributed by atoms with Crippen LogP contribution < -0.4 is 31.6 Å². The van der Waals surface area contributed by atoms with Crippen LogP contribution in [-0.2, 0) is 17.8 Å². The first-order chi connectivity index (χ1) is 20.3. The van der Waals surface area contributed by atoms with Crippen LogP contribution in [-0.4, -0.2) is 25.3 Å². The van der Waals surface area contributed by atoms with Gasteiger partial charge in [-0.05, 0) is 62.1 Å². The summed E-state index contributed by atoms with van der Waals surface area (Å²) in [4.78, 5) is 17.7. The molecule has 0 aliphatic carbocycles. The van der Waals surface area contributed by atoms with Crippen molar-refractivity contribution in [3.05, 3.63) is 71.1 Å². The summed E-state index contributed by atoms with van der Waals surface area (Å²) in [5, 5.41) is 0. The van der Waals surface area contributed by atoms with Gasteiger partial charge >= 0.3 is 0 Å². The third kappa shape index (κ3) is 13.4. The molecule has 0 saturated heterocycles. The van der Waals surface area contributed by atoms with Crippen LogP contribution in [0.15, 0.2) is 54.1 Å². The molecule has 1 aliphatic heterocycles. The fourth-order valence-corrected chi connectivity index (χ4v) is 5.95. The van der Waals surface area contributed by atoms with E-state index >= 15 is 0 Å². The van der Waals surface area contributed by atoms with Crippen LogP contribution in [0, 0.1) is 11.2 Å². The van der Waals surface area contributed by atoms with Gasteiger partial charge in [-0.25, -0.2) is 9.38 Å². The molecule has 2 aromatic rings. The van der Waals surface area contributed by atoms with Crippen LogP contribution in [0.2, 0.25) is 0 Å². The third-order valence-electron chi connectivity index (χ3n) is 8.21. The molecule has 6 heteroatoms. The smallest absolute Gasteiger partial charge is 0.224 e. The number of hydrogen-bond acceptors (Lipinski definition) is 2. The predicted molar refractivity (Wildman–Crippen MR) is 174 cm³/mol. The molecule has 1 N–H and O–H groups in total. The van der Waals surface area contributed by atoms with E-state index in [1.54, 1.807) is 17.9 Å². The molecule has 1 amide bonds. The van der Waals surface area contributed by atoms with Gasteiger partial charge in [-0.3, -0.25) is 4.79 Å². The molecule has 1 heterocycles. The van der Waals surface area contributed by atoms with Crippen molar-refractivity contribution in [2.24, 2.45) is 5.41 Å². The van der Waals surface area contributed by atoms with Gasteiger partial charge in [-0.1, -0.05) is 102 Å². The van der Waals surface area contributed by atoms with Crippen molar-refractivity contribution in [3.8, 4) is 5.75 Å². The van der Waals surface area contributed by atoms with E-state index in [1.807, 2.05) is 24.4 Å². The Morgan fingerprint density at radius 1 is 0.930 bits per heavy atom. The van der Waals surface area contributed by atoms with Crippen LogP contribution in [0.5, 0.6) is 5.75 Å². The maximum atomic E-state index is 14.9. The minimum Gasteiger partial charge on any atom is -1.00 e. The van der Waals surface area contributed by atoms with Crippen molar-refractivity contribution in [1.29, 1.82) is 0 Å². The highest BCUT2D eigenvalue weighted by atomic mass is 79.9. The Balaban J connectivity index is 0.00000645. The zero-order valence-electron chi connectivity index (χ0n) is 27.0. The third-order valence-corrected chi connectivity index (χ3v) is 8.21. The maximum Gasteiger partial charge on any atom is 0.224 e. The van der Waals surface area contributed by atoms with Gasteiger partial charge in [0.2, 0.25) is 5.91 Å². The maximum absolute atomic E-state index is 14.9. The van der Waals surface area contributed by atoms with E-state index in [0.717, 1.165) is 37.1 Å². The molecule has 1 atom stereocenters. The molecule has 0 radical (unpaired) electrons. The topological polar surface area (TPSA) is 43.5 Å². The molecule has 0 spiro atoms. The van der Waals surface area contributed by atoms with Crippen LogP contribution in [0.4, 0.5) is 10.1 Å². The molecule has 0 bridgehead atoms. The normalized spacial score (nSPS) is 16.0. The molecule has 0 fully saturated rings. The second-order valence-corrected chi connectivity index (χ2v) is 12.5. The standard InChI is InChI=1S/C37H53FN2O2.BrH/c1-5-6-7-8-9-10-11-12-13-14-15-16-22-42-36-21-20-33(24-35(36)38)28-40(31(3)41)34-19-17-18-32(23-34)26-37(4)25-30(2)27-39-29-37;/h17-21,23-25,27H,5-16,22,26,28-29H2,1-4H3;1H. The van der Waals surface area contributed by atoms with Crippen molar-refractivity contribution < 1.29 is 35.9 Å². The number of anilines is 1. The molecule has 1 unspecified atom stereocenters. The molecule has 0 saturated carbocycles. The second kappa shape index (κ2) is 19.7. The fraction of sp³-hybridized carbons (Fsp3) is 0.568. The zero-order valence-corrected chi connectivity index (χ0v) is 28.6. The number of benzene rings is 2. The number of rotatable bonds is 19. The average molecular weight is 658 g/mol. The van der Waals surface area contributed by atoms with Gasteiger partial charge in [0.1, 0.15) is 6.54 Å².